The molecule has 1 aromatic carbocycles. The molecule has 22 heavy (non-hydrogen) atoms. The number of hydrogen-bond donors (Lipinski definition) is 1. The van der Waals surface area contributed by atoms with Crippen LogP contribution in [0.25, 0.3) is 0 Å². The van der Waals surface area contributed by atoms with Gasteiger partial charge in [0.05, 0.1) is 15.7 Å². The lowest BCUT2D eigenvalue weighted by Crippen LogP contribution is -2.28. The normalized spacial score (nSPS) is 14.2. The second-order valence-electron chi connectivity index (χ2n) is 5.03. The minimum Gasteiger partial charge on any atom is -0.337 e. The van der Waals surface area contributed by atoms with Gasteiger partial charge >= 0.3 is 0 Å². The van der Waals surface area contributed by atoms with E-state index in [0.717, 1.165) is 25.9 Å². The number of rotatable bonds is 3. The summed E-state index contributed by atoms with van der Waals surface area (Å²) in [5.74, 6) is 0.430. The molecule has 1 amide bonds. The van der Waals surface area contributed by atoms with Gasteiger partial charge in [0, 0.05) is 13.1 Å². The van der Waals surface area contributed by atoms with E-state index in [-0.39, 0.29) is 5.91 Å². The number of aromatic nitrogens is 2. The molecule has 1 fully saturated rings. The molecule has 0 aliphatic carbocycles. The van der Waals surface area contributed by atoms with Crippen molar-refractivity contribution in [3.05, 3.63) is 46.1 Å². The highest BCUT2D eigenvalue weighted by atomic mass is 35.5. The first kappa shape index (κ1) is 15.1. The van der Waals surface area contributed by atoms with Crippen LogP contribution in [-0.4, -0.2) is 34.1 Å². The van der Waals surface area contributed by atoms with E-state index in [4.69, 9.17) is 23.2 Å². The summed E-state index contributed by atoms with van der Waals surface area (Å²) in [4.78, 5) is 14.0. The number of halogens is 2. The molecule has 2 heterocycles. The molecule has 1 aromatic heterocycles. The maximum atomic E-state index is 12.2. The van der Waals surface area contributed by atoms with Crippen LogP contribution >= 0.6 is 23.2 Å². The molecule has 0 bridgehead atoms. The van der Waals surface area contributed by atoms with Crippen molar-refractivity contribution in [1.82, 2.24) is 15.1 Å². The van der Waals surface area contributed by atoms with E-state index in [2.05, 4.69) is 15.5 Å². The van der Waals surface area contributed by atoms with Crippen LogP contribution in [0.15, 0.2) is 30.3 Å². The number of nitrogens with one attached hydrogen (secondary N) is 1. The molecule has 0 saturated carbocycles. The van der Waals surface area contributed by atoms with Gasteiger partial charge in [-0.2, -0.15) is 0 Å². The number of anilines is 2. The van der Waals surface area contributed by atoms with E-state index in [0.29, 0.717) is 27.2 Å². The summed E-state index contributed by atoms with van der Waals surface area (Å²) in [7, 11) is 0. The Bertz CT molecular complexity index is 684. The van der Waals surface area contributed by atoms with E-state index < -0.39 is 0 Å². The number of benzene rings is 1. The van der Waals surface area contributed by atoms with Crippen LogP contribution in [0.5, 0.6) is 0 Å². The van der Waals surface area contributed by atoms with Crippen LogP contribution in [0.2, 0.25) is 10.0 Å². The van der Waals surface area contributed by atoms with Gasteiger partial charge in [0.15, 0.2) is 11.5 Å². The van der Waals surface area contributed by atoms with Crippen molar-refractivity contribution >= 4 is 40.6 Å². The zero-order valence-corrected chi connectivity index (χ0v) is 13.2. The third-order valence-electron chi connectivity index (χ3n) is 3.49. The summed E-state index contributed by atoms with van der Waals surface area (Å²) in [6.07, 6.45) is 2.10. The SMILES string of the molecule is O=C(c1ccc(Nc2cccc(Cl)c2Cl)nn1)N1CCCC1. The number of likely N-dealkylation sites (tertiary alicyclic amines) is 1. The van der Waals surface area contributed by atoms with E-state index >= 15 is 0 Å². The first-order chi connectivity index (χ1) is 10.6. The third-order valence-corrected chi connectivity index (χ3v) is 4.31. The number of carbonyl (C=O) groups is 1. The van der Waals surface area contributed by atoms with Gasteiger partial charge in [-0.15, -0.1) is 10.2 Å². The summed E-state index contributed by atoms with van der Waals surface area (Å²) in [5.41, 5.74) is 0.992. The predicted molar refractivity (Wildman–Crippen MR) is 86.9 cm³/mol. The molecule has 0 radical (unpaired) electrons. The van der Waals surface area contributed by atoms with Crippen molar-refractivity contribution in [3.8, 4) is 0 Å². The van der Waals surface area contributed by atoms with Gasteiger partial charge in [0.2, 0.25) is 0 Å². The van der Waals surface area contributed by atoms with Crippen LogP contribution in [0.3, 0.4) is 0 Å². The summed E-state index contributed by atoms with van der Waals surface area (Å²) in [5, 5.41) is 11.9. The third kappa shape index (κ3) is 3.15. The molecule has 2 aromatic rings. The van der Waals surface area contributed by atoms with Crippen LogP contribution < -0.4 is 5.32 Å². The van der Waals surface area contributed by atoms with Gasteiger partial charge in [-0.1, -0.05) is 29.3 Å². The van der Waals surface area contributed by atoms with Crippen molar-refractivity contribution in [2.75, 3.05) is 18.4 Å². The molecule has 1 saturated heterocycles. The van der Waals surface area contributed by atoms with Gasteiger partial charge in [0.25, 0.3) is 5.91 Å². The highest BCUT2D eigenvalue weighted by molar-refractivity contribution is 6.43. The molecule has 1 N–H and O–H groups in total. The van der Waals surface area contributed by atoms with E-state index in [1.54, 1.807) is 35.2 Å². The van der Waals surface area contributed by atoms with Crippen molar-refractivity contribution in [3.63, 3.8) is 0 Å². The molecule has 3 rings (SSSR count). The van der Waals surface area contributed by atoms with Crippen molar-refractivity contribution in [2.45, 2.75) is 12.8 Å². The fraction of sp³-hybridized carbons (Fsp3) is 0.267. The van der Waals surface area contributed by atoms with Crippen molar-refractivity contribution < 1.29 is 4.79 Å². The first-order valence-corrected chi connectivity index (χ1v) is 7.75. The molecule has 7 heteroatoms. The standard InChI is InChI=1S/C15H14Cl2N4O/c16-10-4-3-5-11(14(10)17)18-13-7-6-12(19-20-13)15(22)21-8-1-2-9-21/h3-7H,1-2,8-9H2,(H,18,20). The van der Waals surface area contributed by atoms with Gasteiger partial charge in [-0.05, 0) is 37.1 Å². The summed E-state index contributed by atoms with van der Waals surface area (Å²) in [6.45, 7) is 1.58. The second kappa shape index (κ2) is 6.50. The van der Waals surface area contributed by atoms with Gasteiger partial charge < -0.3 is 10.2 Å². The number of carbonyl (C=O) groups excluding carboxylic acids is 1. The first-order valence-electron chi connectivity index (χ1n) is 6.99. The van der Waals surface area contributed by atoms with Crippen molar-refractivity contribution in [2.24, 2.45) is 0 Å². The van der Waals surface area contributed by atoms with Crippen molar-refractivity contribution in [1.29, 1.82) is 0 Å². The lowest BCUT2D eigenvalue weighted by atomic mass is 10.3. The number of hydrogen-bond acceptors (Lipinski definition) is 4. The van der Waals surface area contributed by atoms with Crippen LogP contribution in [0, 0.1) is 0 Å². The van der Waals surface area contributed by atoms with Crippen LogP contribution in [0.4, 0.5) is 11.5 Å². The second-order valence-corrected chi connectivity index (χ2v) is 5.81. The lowest BCUT2D eigenvalue weighted by molar-refractivity contribution is 0.0786. The predicted octanol–water partition coefficient (Wildman–Crippen LogP) is 3.76. The van der Waals surface area contributed by atoms with Crippen LogP contribution in [-0.2, 0) is 0 Å². The zero-order valence-electron chi connectivity index (χ0n) is 11.7. The molecule has 114 valence electrons. The van der Waals surface area contributed by atoms with Gasteiger partial charge in [0.1, 0.15) is 0 Å². The summed E-state index contributed by atoms with van der Waals surface area (Å²) in [6, 6.07) is 8.65. The Morgan fingerprint density at radius 2 is 1.86 bits per heavy atom. The minimum atomic E-state index is -0.0719. The number of amides is 1. The minimum absolute atomic E-state index is 0.0719. The fourth-order valence-electron chi connectivity index (χ4n) is 2.33. The molecular formula is C15H14Cl2N4O. The Balaban J connectivity index is 1.74. The summed E-state index contributed by atoms with van der Waals surface area (Å²) >= 11 is 12.1. The Morgan fingerprint density at radius 3 is 2.55 bits per heavy atom. The lowest BCUT2D eigenvalue weighted by Gasteiger charge is -2.14. The largest absolute Gasteiger partial charge is 0.337 e. The van der Waals surface area contributed by atoms with E-state index in [1.807, 2.05) is 0 Å². The molecule has 5 nitrogen and oxygen atoms in total. The van der Waals surface area contributed by atoms with E-state index in [9.17, 15) is 4.79 Å². The Hall–Kier alpha value is -1.85. The molecular weight excluding hydrogens is 323 g/mol. The molecule has 1 aliphatic rings. The quantitative estimate of drug-likeness (QED) is 0.926. The van der Waals surface area contributed by atoms with Gasteiger partial charge in [-0.3, -0.25) is 4.79 Å². The van der Waals surface area contributed by atoms with Gasteiger partial charge in [-0.25, -0.2) is 0 Å². The Labute approximate surface area is 138 Å². The topological polar surface area (TPSA) is 58.1 Å². The average Bonchev–Trinajstić information content (AvgIpc) is 3.06. The monoisotopic (exact) mass is 336 g/mol. The molecule has 0 atom stereocenters. The molecule has 1 aliphatic heterocycles. The Kier molecular flexibility index (Phi) is 4.45. The number of nitrogens with zero attached hydrogens (tertiary/aromatic N) is 3. The maximum Gasteiger partial charge on any atom is 0.274 e. The highest BCUT2D eigenvalue weighted by Crippen LogP contribution is 2.31. The highest BCUT2D eigenvalue weighted by Gasteiger charge is 2.20. The fourth-order valence-corrected chi connectivity index (χ4v) is 2.68. The Morgan fingerprint density at radius 1 is 1.09 bits per heavy atom. The maximum absolute atomic E-state index is 12.2. The molecule has 0 spiro atoms. The summed E-state index contributed by atoms with van der Waals surface area (Å²) < 4.78 is 0. The average molecular weight is 337 g/mol. The molecule has 0 unspecified atom stereocenters. The van der Waals surface area contributed by atoms with Crippen LogP contribution in [0.1, 0.15) is 23.3 Å². The zero-order chi connectivity index (χ0) is 15.5. The van der Waals surface area contributed by atoms with E-state index in [1.165, 1.54) is 0 Å². The smallest absolute Gasteiger partial charge is 0.274 e.